The van der Waals surface area contributed by atoms with Gasteiger partial charge < -0.3 is 19.0 Å². The van der Waals surface area contributed by atoms with E-state index in [-0.39, 0.29) is 12.4 Å². The summed E-state index contributed by atoms with van der Waals surface area (Å²) in [5.41, 5.74) is 1.52. The molecule has 5 heteroatoms. The zero-order chi connectivity index (χ0) is 13.7. The van der Waals surface area contributed by atoms with Crippen molar-refractivity contribution < 1.29 is 23.8 Å². The lowest BCUT2D eigenvalue weighted by Gasteiger charge is -2.05. The van der Waals surface area contributed by atoms with Gasteiger partial charge in [0.2, 0.25) is 5.76 Å². The number of methoxy groups -OCH3 is 1. The molecule has 2 aromatic rings. The average Bonchev–Trinajstić information content (AvgIpc) is 2.88. The first-order chi connectivity index (χ1) is 9.20. The van der Waals surface area contributed by atoms with E-state index in [1.165, 1.54) is 6.26 Å². The van der Waals surface area contributed by atoms with Crippen LogP contribution in [0.2, 0.25) is 0 Å². The number of hydrogen-bond donors (Lipinski definition) is 1. The van der Waals surface area contributed by atoms with E-state index in [0.717, 1.165) is 11.3 Å². The molecule has 0 unspecified atom stereocenters. The van der Waals surface area contributed by atoms with Gasteiger partial charge in [-0.05, 0) is 23.8 Å². The molecule has 0 atom stereocenters. The number of benzene rings is 1. The van der Waals surface area contributed by atoms with Gasteiger partial charge in [0, 0.05) is 5.56 Å². The van der Waals surface area contributed by atoms with Crippen molar-refractivity contribution in [1.29, 1.82) is 0 Å². The van der Waals surface area contributed by atoms with Crippen LogP contribution in [-0.2, 0) is 18.0 Å². The Labute approximate surface area is 110 Å². The Kier molecular flexibility index (Phi) is 4.20. The third-order valence-electron chi connectivity index (χ3n) is 2.63. The smallest absolute Gasteiger partial charge is 0.372 e. The number of carbonyl (C=O) groups is 1. The van der Waals surface area contributed by atoms with Gasteiger partial charge >= 0.3 is 5.97 Å². The third-order valence-corrected chi connectivity index (χ3v) is 2.63. The fourth-order valence-electron chi connectivity index (χ4n) is 1.64. The molecule has 0 aliphatic carbocycles. The van der Waals surface area contributed by atoms with Crippen molar-refractivity contribution in [3.63, 3.8) is 0 Å². The number of ether oxygens (including phenoxy) is 2. The minimum atomic E-state index is -1.09. The second kappa shape index (κ2) is 6.06. The van der Waals surface area contributed by atoms with Gasteiger partial charge in [-0.2, -0.15) is 0 Å². The van der Waals surface area contributed by atoms with E-state index in [1.54, 1.807) is 13.2 Å². The topological polar surface area (TPSA) is 68.9 Å². The monoisotopic (exact) mass is 262 g/mol. The van der Waals surface area contributed by atoms with Gasteiger partial charge in [-0.15, -0.1) is 0 Å². The van der Waals surface area contributed by atoms with Gasteiger partial charge in [0.15, 0.2) is 0 Å². The summed E-state index contributed by atoms with van der Waals surface area (Å²) in [6.07, 6.45) is 1.34. The van der Waals surface area contributed by atoms with E-state index < -0.39 is 5.97 Å². The highest BCUT2D eigenvalue weighted by atomic mass is 16.5. The van der Waals surface area contributed by atoms with Crippen LogP contribution in [0.1, 0.15) is 21.7 Å². The molecule has 0 bridgehead atoms. The fraction of sp³-hybridized carbons (Fsp3) is 0.214. The van der Waals surface area contributed by atoms with Crippen LogP contribution in [-0.4, -0.2) is 18.2 Å². The van der Waals surface area contributed by atoms with Gasteiger partial charge in [-0.3, -0.25) is 0 Å². The SMILES string of the molecule is COc1ccc(COCc2ccoc2C(=O)O)cc1. The van der Waals surface area contributed by atoms with E-state index >= 15 is 0 Å². The van der Waals surface area contributed by atoms with Crippen LogP contribution >= 0.6 is 0 Å². The maximum atomic E-state index is 10.8. The highest BCUT2D eigenvalue weighted by Gasteiger charge is 2.13. The first-order valence-electron chi connectivity index (χ1n) is 5.71. The standard InChI is InChI=1S/C14H14O5/c1-17-12-4-2-10(3-5-12)8-18-9-11-6-7-19-13(11)14(15)16/h2-7H,8-9H2,1H3,(H,15,16). The Morgan fingerprint density at radius 2 is 1.95 bits per heavy atom. The molecule has 1 heterocycles. The van der Waals surface area contributed by atoms with Crippen molar-refractivity contribution in [3.05, 3.63) is 53.5 Å². The number of aromatic carboxylic acids is 1. The molecule has 0 saturated heterocycles. The molecule has 2 rings (SSSR count). The minimum Gasteiger partial charge on any atom is -0.497 e. The predicted octanol–water partition coefficient (Wildman–Crippen LogP) is 2.70. The first-order valence-corrected chi connectivity index (χ1v) is 5.71. The van der Waals surface area contributed by atoms with Gasteiger partial charge in [-0.1, -0.05) is 12.1 Å². The van der Waals surface area contributed by atoms with Crippen LogP contribution in [0.15, 0.2) is 41.0 Å². The summed E-state index contributed by atoms with van der Waals surface area (Å²) in [6, 6.07) is 9.08. The molecule has 0 fully saturated rings. The molecule has 1 aromatic carbocycles. The van der Waals surface area contributed by atoms with Crippen LogP contribution in [0, 0.1) is 0 Å². The summed E-state index contributed by atoms with van der Waals surface area (Å²) in [7, 11) is 1.61. The van der Waals surface area contributed by atoms with E-state index in [1.807, 2.05) is 24.3 Å². The van der Waals surface area contributed by atoms with Crippen molar-refractivity contribution in [2.24, 2.45) is 0 Å². The molecule has 0 aliphatic rings. The summed E-state index contributed by atoms with van der Waals surface area (Å²) in [5, 5.41) is 8.87. The summed E-state index contributed by atoms with van der Waals surface area (Å²) in [4.78, 5) is 10.8. The number of furan rings is 1. The molecular formula is C14H14O5. The van der Waals surface area contributed by atoms with E-state index in [2.05, 4.69) is 0 Å². The Bertz CT molecular complexity index is 541. The summed E-state index contributed by atoms with van der Waals surface area (Å²) < 4.78 is 15.4. The molecule has 1 aromatic heterocycles. The molecule has 0 spiro atoms. The second-order valence-corrected chi connectivity index (χ2v) is 3.92. The Morgan fingerprint density at radius 3 is 2.58 bits per heavy atom. The van der Waals surface area contributed by atoms with Crippen LogP contribution in [0.25, 0.3) is 0 Å². The highest BCUT2D eigenvalue weighted by molar-refractivity contribution is 5.85. The van der Waals surface area contributed by atoms with Crippen molar-refractivity contribution in [3.8, 4) is 5.75 Å². The average molecular weight is 262 g/mol. The predicted molar refractivity (Wildman–Crippen MR) is 67.2 cm³/mol. The lowest BCUT2D eigenvalue weighted by Crippen LogP contribution is -2.01. The molecule has 1 N–H and O–H groups in total. The molecule has 5 nitrogen and oxygen atoms in total. The maximum absolute atomic E-state index is 10.8. The molecule has 19 heavy (non-hydrogen) atoms. The lowest BCUT2D eigenvalue weighted by molar-refractivity contribution is 0.0646. The third kappa shape index (κ3) is 3.35. The Morgan fingerprint density at radius 1 is 1.21 bits per heavy atom. The largest absolute Gasteiger partial charge is 0.497 e. The first kappa shape index (κ1) is 13.2. The minimum absolute atomic E-state index is 0.0743. The van der Waals surface area contributed by atoms with Crippen LogP contribution in [0.5, 0.6) is 5.75 Å². The van der Waals surface area contributed by atoms with Crippen molar-refractivity contribution in [2.75, 3.05) is 7.11 Å². The van der Waals surface area contributed by atoms with Crippen molar-refractivity contribution in [2.45, 2.75) is 13.2 Å². The van der Waals surface area contributed by atoms with E-state index in [4.69, 9.17) is 19.0 Å². The van der Waals surface area contributed by atoms with Crippen LogP contribution in [0.4, 0.5) is 0 Å². The zero-order valence-electron chi connectivity index (χ0n) is 10.5. The Hall–Kier alpha value is -2.27. The Balaban J connectivity index is 1.89. The molecule has 0 radical (unpaired) electrons. The molecule has 0 saturated carbocycles. The van der Waals surface area contributed by atoms with E-state index in [0.29, 0.717) is 12.2 Å². The maximum Gasteiger partial charge on any atom is 0.372 e. The molecular weight excluding hydrogens is 248 g/mol. The van der Waals surface area contributed by atoms with Gasteiger partial charge in [-0.25, -0.2) is 4.79 Å². The number of carboxylic acid groups (broad SMARTS) is 1. The van der Waals surface area contributed by atoms with Gasteiger partial charge in [0.1, 0.15) is 5.75 Å². The zero-order valence-corrected chi connectivity index (χ0v) is 10.5. The van der Waals surface area contributed by atoms with Gasteiger partial charge in [0.05, 0.1) is 26.6 Å². The van der Waals surface area contributed by atoms with Crippen LogP contribution < -0.4 is 4.74 Å². The molecule has 0 aliphatic heterocycles. The fourth-order valence-corrected chi connectivity index (χ4v) is 1.64. The lowest BCUT2D eigenvalue weighted by atomic mass is 10.2. The highest BCUT2D eigenvalue weighted by Crippen LogP contribution is 2.15. The van der Waals surface area contributed by atoms with Crippen LogP contribution in [0.3, 0.4) is 0 Å². The molecule has 0 amide bonds. The molecule has 100 valence electrons. The summed E-state index contributed by atoms with van der Waals surface area (Å²) >= 11 is 0. The van der Waals surface area contributed by atoms with Gasteiger partial charge in [0.25, 0.3) is 0 Å². The normalized spacial score (nSPS) is 10.4. The summed E-state index contributed by atoms with van der Waals surface area (Å²) in [6.45, 7) is 0.596. The number of rotatable bonds is 6. The number of hydrogen-bond acceptors (Lipinski definition) is 4. The quantitative estimate of drug-likeness (QED) is 0.866. The number of carboxylic acids is 1. The summed E-state index contributed by atoms with van der Waals surface area (Å²) in [5.74, 6) is -0.380. The van der Waals surface area contributed by atoms with E-state index in [9.17, 15) is 4.79 Å². The second-order valence-electron chi connectivity index (χ2n) is 3.92. The van der Waals surface area contributed by atoms with Crippen molar-refractivity contribution in [1.82, 2.24) is 0 Å². The van der Waals surface area contributed by atoms with Crippen molar-refractivity contribution >= 4 is 5.97 Å².